The third-order valence-corrected chi connectivity index (χ3v) is 6.93. The zero-order valence-corrected chi connectivity index (χ0v) is 21.1. The number of alkyl carbamates (subject to hydrolysis) is 1. The van der Waals surface area contributed by atoms with Crippen molar-refractivity contribution in [2.24, 2.45) is 0 Å². The van der Waals surface area contributed by atoms with Gasteiger partial charge in [0.1, 0.15) is 6.61 Å². The minimum atomic E-state index is -0.691. The van der Waals surface area contributed by atoms with E-state index in [0.29, 0.717) is 18.7 Å². The average Bonchev–Trinajstić information content (AvgIpc) is 3.55. The molecule has 10 heteroatoms. The third-order valence-electron chi connectivity index (χ3n) is 5.92. The fourth-order valence-electron chi connectivity index (χ4n) is 4.05. The van der Waals surface area contributed by atoms with Crippen molar-refractivity contribution in [2.45, 2.75) is 51.3 Å². The van der Waals surface area contributed by atoms with Crippen molar-refractivity contribution in [2.75, 3.05) is 7.11 Å². The molecule has 9 nitrogen and oxygen atoms in total. The largest absolute Gasteiger partial charge is 0.467 e. The molecule has 0 saturated heterocycles. The fourth-order valence-corrected chi connectivity index (χ4v) is 5.03. The molecule has 0 spiro atoms. The Morgan fingerprint density at radius 1 is 1.11 bits per heavy atom. The highest BCUT2D eigenvalue weighted by Gasteiger charge is 2.30. The van der Waals surface area contributed by atoms with Crippen molar-refractivity contribution in [3.8, 4) is 0 Å². The molecule has 0 fully saturated rings. The van der Waals surface area contributed by atoms with E-state index in [4.69, 9.17) is 9.47 Å². The van der Waals surface area contributed by atoms with E-state index in [1.807, 2.05) is 55.5 Å². The quantitative estimate of drug-likeness (QED) is 0.285. The first-order chi connectivity index (χ1) is 17.6. The summed E-state index contributed by atoms with van der Waals surface area (Å²) in [5.74, 6) is -0.0585. The molecule has 0 aliphatic heterocycles. The fraction of sp³-hybridized carbons (Fsp3) is 0.346. The molecular weight excluding hydrogens is 478 g/mol. The SMILES string of the molecule is CCCC[C@@H](C(=O)OC)n1nnnc1[C@H](Cc1csc2ccccc12)NC(=O)OCc1ccccc1. The minimum absolute atomic E-state index is 0.132. The lowest BCUT2D eigenvalue weighted by molar-refractivity contribution is -0.145. The molecule has 188 valence electrons. The van der Waals surface area contributed by atoms with E-state index in [1.54, 1.807) is 11.3 Å². The summed E-state index contributed by atoms with van der Waals surface area (Å²) in [7, 11) is 1.35. The number of hydrogen-bond acceptors (Lipinski definition) is 8. The summed E-state index contributed by atoms with van der Waals surface area (Å²) in [5, 5.41) is 18.3. The van der Waals surface area contributed by atoms with Gasteiger partial charge in [-0.15, -0.1) is 16.4 Å². The molecule has 0 aliphatic rings. The molecule has 36 heavy (non-hydrogen) atoms. The number of carbonyl (C=O) groups excluding carboxylic acids is 2. The highest BCUT2D eigenvalue weighted by molar-refractivity contribution is 7.17. The molecule has 2 aromatic carbocycles. The number of tetrazole rings is 1. The van der Waals surface area contributed by atoms with E-state index in [-0.39, 0.29) is 6.61 Å². The second kappa shape index (κ2) is 12.3. The van der Waals surface area contributed by atoms with Crippen LogP contribution in [-0.2, 0) is 27.3 Å². The van der Waals surface area contributed by atoms with Gasteiger partial charge in [0.15, 0.2) is 11.9 Å². The number of rotatable bonds is 11. The number of hydrogen-bond donors (Lipinski definition) is 1. The predicted molar refractivity (Wildman–Crippen MR) is 136 cm³/mol. The van der Waals surface area contributed by atoms with Crippen LogP contribution in [0.25, 0.3) is 10.1 Å². The summed E-state index contributed by atoms with van der Waals surface area (Å²) in [5.41, 5.74) is 1.92. The average molecular weight is 508 g/mol. The highest BCUT2D eigenvalue weighted by Crippen LogP contribution is 2.30. The highest BCUT2D eigenvalue weighted by atomic mass is 32.1. The lowest BCUT2D eigenvalue weighted by atomic mass is 10.0. The van der Waals surface area contributed by atoms with Crippen LogP contribution >= 0.6 is 11.3 Å². The number of ether oxygens (including phenoxy) is 2. The molecule has 2 aromatic heterocycles. The van der Waals surface area contributed by atoms with Crippen molar-refractivity contribution in [3.63, 3.8) is 0 Å². The molecule has 0 bridgehead atoms. The summed E-state index contributed by atoms with van der Waals surface area (Å²) >= 11 is 1.63. The van der Waals surface area contributed by atoms with Gasteiger partial charge >= 0.3 is 12.1 Å². The summed E-state index contributed by atoms with van der Waals surface area (Å²) in [6.45, 7) is 2.18. The van der Waals surface area contributed by atoms with E-state index in [9.17, 15) is 9.59 Å². The maximum Gasteiger partial charge on any atom is 0.408 e. The Bertz CT molecular complexity index is 1290. The smallest absolute Gasteiger partial charge is 0.408 e. The Morgan fingerprint density at radius 3 is 2.67 bits per heavy atom. The first kappa shape index (κ1) is 25.3. The normalized spacial score (nSPS) is 12.7. The van der Waals surface area contributed by atoms with Crippen LogP contribution in [0.5, 0.6) is 0 Å². The Hall–Kier alpha value is -3.79. The van der Waals surface area contributed by atoms with E-state index in [0.717, 1.165) is 34.1 Å². The van der Waals surface area contributed by atoms with Crippen LogP contribution in [0.2, 0.25) is 0 Å². The van der Waals surface area contributed by atoms with Gasteiger partial charge in [-0.3, -0.25) is 0 Å². The summed E-state index contributed by atoms with van der Waals surface area (Å²) in [4.78, 5) is 25.5. The maximum absolute atomic E-state index is 12.9. The predicted octanol–water partition coefficient (Wildman–Crippen LogP) is 5.00. The van der Waals surface area contributed by atoms with Gasteiger partial charge in [-0.1, -0.05) is 68.3 Å². The van der Waals surface area contributed by atoms with Gasteiger partial charge < -0.3 is 14.8 Å². The molecule has 4 rings (SSSR count). The number of nitrogens with one attached hydrogen (secondary N) is 1. The number of fused-ring (bicyclic) bond motifs is 1. The van der Waals surface area contributed by atoms with Crippen LogP contribution in [0.15, 0.2) is 60.0 Å². The van der Waals surface area contributed by atoms with Crippen LogP contribution in [0.1, 0.15) is 55.2 Å². The second-order valence-corrected chi connectivity index (χ2v) is 9.29. The van der Waals surface area contributed by atoms with Crippen LogP contribution in [0.4, 0.5) is 4.79 Å². The lowest BCUT2D eigenvalue weighted by Crippen LogP contribution is -2.34. The summed E-state index contributed by atoms with van der Waals surface area (Å²) < 4.78 is 13.1. The van der Waals surface area contributed by atoms with E-state index in [1.165, 1.54) is 11.8 Å². The van der Waals surface area contributed by atoms with Gasteiger partial charge in [0, 0.05) is 11.1 Å². The van der Waals surface area contributed by atoms with Gasteiger partial charge in [-0.2, -0.15) is 0 Å². The topological polar surface area (TPSA) is 108 Å². The molecule has 2 heterocycles. The van der Waals surface area contributed by atoms with Gasteiger partial charge in [0.2, 0.25) is 0 Å². The second-order valence-electron chi connectivity index (χ2n) is 8.38. The molecular formula is C26H29N5O4S. The van der Waals surface area contributed by atoms with Crippen LogP contribution in [0, 0.1) is 0 Å². The summed E-state index contributed by atoms with van der Waals surface area (Å²) in [6, 6.07) is 16.2. The van der Waals surface area contributed by atoms with E-state index in [2.05, 4.69) is 32.3 Å². The molecule has 4 aromatic rings. The Balaban J connectivity index is 1.62. The van der Waals surface area contributed by atoms with Gasteiger partial charge in [-0.05, 0) is 44.8 Å². The number of thiophene rings is 1. The van der Waals surface area contributed by atoms with Crippen molar-refractivity contribution in [1.29, 1.82) is 0 Å². The zero-order valence-electron chi connectivity index (χ0n) is 20.3. The van der Waals surface area contributed by atoms with Gasteiger partial charge in [-0.25, -0.2) is 14.3 Å². The number of methoxy groups -OCH3 is 1. The standard InChI is InChI=1S/C26H29N5O4S/c1-3-4-13-22(25(32)34-2)31-24(28-29-30-31)21(15-19-17-36-23-14-9-8-12-20(19)23)27-26(33)35-16-18-10-6-5-7-11-18/h5-12,14,17,21-22H,3-4,13,15-16H2,1-2H3,(H,27,33)/t21-,22-/m0/s1. The molecule has 1 N–H and O–H groups in total. The Kier molecular flexibility index (Phi) is 8.62. The lowest BCUT2D eigenvalue weighted by Gasteiger charge is -2.21. The van der Waals surface area contributed by atoms with Crippen molar-refractivity contribution in [3.05, 3.63) is 76.9 Å². The number of esters is 1. The number of amides is 1. The maximum atomic E-state index is 12.9. The van der Waals surface area contributed by atoms with Gasteiger partial charge in [0.25, 0.3) is 0 Å². The monoisotopic (exact) mass is 507 g/mol. The molecule has 0 radical (unpaired) electrons. The molecule has 1 amide bonds. The first-order valence-electron chi connectivity index (χ1n) is 11.9. The molecule has 0 aliphatic carbocycles. The van der Waals surface area contributed by atoms with Crippen LogP contribution in [0.3, 0.4) is 0 Å². The number of nitrogens with zero attached hydrogens (tertiary/aromatic N) is 4. The Labute approximate surface area is 213 Å². The third kappa shape index (κ3) is 6.06. The first-order valence-corrected chi connectivity index (χ1v) is 12.8. The van der Waals surface area contributed by atoms with E-state index < -0.39 is 24.1 Å². The number of unbranched alkanes of at least 4 members (excludes halogenated alkanes) is 1. The van der Waals surface area contributed by atoms with Crippen molar-refractivity contribution < 1.29 is 19.1 Å². The van der Waals surface area contributed by atoms with Crippen LogP contribution in [-0.4, -0.2) is 39.4 Å². The summed E-state index contributed by atoms with van der Waals surface area (Å²) in [6.07, 6.45) is 2.05. The van der Waals surface area contributed by atoms with E-state index >= 15 is 0 Å². The number of carbonyl (C=O) groups is 2. The Morgan fingerprint density at radius 2 is 1.89 bits per heavy atom. The van der Waals surface area contributed by atoms with Gasteiger partial charge in [0.05, 0.1) is 13.2 Å². The van der Waals surface area contributed by atoms with Crippen molar-refractivity contribution >= 4 is 33.5 Å². The minimum Gasteiger partial charge on any atom is -0.467 e. The molecule has 0 unspecified atom stereocenters. The van der Waals surface area contributed by atoms with Crippen LogP contribution < -0.4 is 5.32 Å². The zero-order chi connectivity index (χ0) is 25.3. The molecule has 0 saturated carbocycles. The molecule has 2 atom stereocenters. The van der Waals surface area contributed by atoms with Crippen molar-refractivity contribution in [1.82, 2.24) is 25.5 Å². The number of aromatic nitrogens is 4. The number of benzene rings is 2.